The number of unbranched alkanes of at least 4 members (excludes halogenated alkanes) is 2. The van der Waals surface area contributed by atoms with Gasteiger partial charge in [0.1, 0.15) is 0 Å². The van der Waals surface area contributed by atoms with Crippen molar-refractivity contribution in [2.24, 2.45) is 5.73 Å². The molecule has 0 unspecified atom stereocenters. The number of carbonyl (C=O) groups is 2. The number of hydrogen-bond acceptors (Lipinski definition) is 3. The van der Waals surface area contributed by atoms with E-state index in [1.165, 1.54) is 65.4 Å². The summed E-state index contributed by atoms with van der Waals surface area (Å²) in [4.78, 5) is 21.5. The fraction of sp³-hybridized carbons (Fsp3) is 0.200. The van der Waals surface area contributed by atoms with E-state index in [1.807, 2.05) is 0 Å². The number of nitrogens with two attached hydrogens (primary N) is 1. The van der Waals surface area contributed by atoms with Gasteiger partial charge in [-0.15, -0.1) is 0 Å². The Morgan fingerprint density at radius 1 is 0.800 bits per heavy atom. The number of carboxylic acids is 2. The minimum absolute atomic E-state index is 0.190. The summed E-state index contributed by atoms with van der Waals surface area (Å²) in [7, 11) is 0. The first-order valence-corrected chi connectivity index (χ1v) is 11.8. The summed E-state index contributed by atoms with van der Waals surface area (Å²) in [6.07, 6.45) is 9.28. The minimum atomic E-state index is -0.996. The van der Waals surface area contributed by atoms with E-state index in [1.54, 1.807) is 12.1 Å². The Kier molecular flexibility index (Phi) is 9.16. The maximum Gasteiger partial charge on any atom is 0.335 e. The highest BCUT2D eigenvalue weighted by atomic mass is 16.4. The van der Waals surface area contributed by atoms with Crippen molar-refractivity contribution >= 4 is 39.6 Å². The second kappa shape index (κ2) is 12.5. The first-order chi connectivity index (χ1) is 16.9. The van der Waals surface area contributed by atoms with Gasteiger partial charge in [-0.25, -0.2) is 9.59 Å². The van der Waals surface area contributed by atoms with Crippen molar-refractivity contribution in [3.05, 3.63) is 101 Å². The molecule has 0 atom stereocenters. The lowest BCUT2D eigenvalue weighted by molar-refractivity contribution is 0.0686. The normalized spacial score (nSPS) is 11.3. The molecule has 0 amide bonds. The summed E-state index contributed by atoms with van der Waals surface area (Å²) in [6, 6.07) is 22.2. The summed E-state index contributed by atoms with van der Waals surface area (Å²) >= 11 is 0. The number of hydrogen-bond donors (Lipinski definition) is 3. The highest BCUT2D eigenvalue weighted by molar-refractivity contribution is 5.98. The monoisotopic (exact) mass is 469 g/mol. The Bertz CT molecular complexity index is 1290. The third-order valence-corrected chi connectivity index (χ3v) is 5.80. The van der Waals surface area contributed by atoms with Gasteiger partial charge >= 0.3 is 11.9 Å². The smallest absolute Gasteiger partial charge is 0.335 e. The molecular weight excluding hydrogens is 438 g/mol. The Hall–Kier alpha value is -3.96. The van der Waals surface area contributed by atoms with E-state index < -0.39 is 11.9 Å². The lowest BCUT2D eigenvalue weighted by atomic mass is 9.93. The van der Waals surface area contributed by atoms with Gasteiger partial charge < -0.3 is 15.9 Å². The van der Waals surface area contributed by atoms with Crippen molar-refractivity contribution < 1.29 is 19.8 Å². The van der Waals surface area contributed by atoms with E-state index in [0.717, 1.165) is 13.0 Å². The molecule has 1 aliphatic carbocycles. The summed E-state index contributed by atoms with van der Waals surface area (Å²) in [5.41, 5.74) is 8.41. The fourth-order valence-electron chi connectivity index (χ4n) is 3.98. The van der Waals surface area contributed by atoms with E-state index in [9.17, 15) is 9.59 Å². The molecule has 0 fully saturated rings. The van der Waals surface area contributed by atoms with Crippen LogP contribution in [-0.2, 0) is 6.42 Å². The maximum absolute atomic E-state index is 10.7. The van der Waals surface area contributed by atoms with Crippen molar-refractivity contribution in [3.63, 3.8) is 0 Å². The summed E-state index contributed by atoms with van der Waals surface area (Å²) in [5, 5.41) is 21.8. The predicted octanol–water partition coefficient (Wildman–Crippen LogP) is 6.78. The molecule has 5 nitrogen and oxygen atoms in total. The molecule has 0 aliphatic heterocycles. The van der Waals surface area contributed by atoms with Crippen LogP contribution in [0.2, 0.25) is 0 Å². The van der Waals surface area contributed by atoms with Gasteiger partial charge in [0, 0.05) is 0 Å². The number of fused-ring (bicyclic) bond motifs is 1. The first kappa shape index (κ1) is 25.7. The molecule has 0 saturated heterocycles. The number of carboxylic acid groups (broad SMARTS) is 2. The van der Waals surface area contributed by atoms with E-state index in [0.29, 0.717) is 10.8 Å². The third-order valence-electron chi connectivity index (χ3n) is 5.80. The topological polar surface area (TPSA) is 101 Å². The molecule has 0 radical (unpaired) electrons. The number of rotatable bonds is 5. The van der Waals surface area contributed by atoms with E-state index in [-0.39, 0.29) is 11.1 Å². The van der Waals surface area contributed by atoms with Gasteiger partial charge in [0.25, 0.3) is 0 Å². The van der Waals surface area contributed by atoms with Gasteiger partial charge in [-0.3, -0.25) is 0 Å². The zero-order valence-electron chi connectivity index (χ0n) is 19.9. The molecule has 0 saturated carbocycles. The molecule has 4 N–H and O–H groups in total. The van der Waals surface area contributed by atoms with Crippen LogP contribution in [0.25, 0.3) is 27.6 Å². The van der Waals surface area contributed by atoms with Crippen LogP contribution in [0, 0.1) is 0 Å². The van der Waals surface area contributed by atoms with Crippen LogP contribution in [0.3, 0.4) is 0 Å². The molecule has 180 valence electrons. The van der Waals surface area contributed by atoms with Gasteiger partial charge in [0.2, 0.25) is 0 Å². The van der Waals surface area contributed by atoms with Crippen LogP contribution in [0.15, 0.2) is 78.9 Å². The van der Waals surface area contributed by atoms with Crippen molar-refractivity contribution in [2.75, 3.05) is 6.54 Å². The molecular formula is C30H31NO4. The summed E-state index contributed by atoms with van der Waals surface area (Å²) in [5.74, 6) is -1.99. The number of aromatic carboxylic acids is 2. The van der Waals surface area contributed by atoms with Crippen LogP contribution in [0.1, 0.15) is 58.0 Å². The van der Waals surface area contributed by atoms with Crippen LogP contribution in [0.4, 0.5) is 0 Å². The van der Waals surface area contributed by atoms with Crippen LogP contribution < -0.4 is 5.73 Å². The second-order valence-corrected chi connectivity index (χ2v) is 8.35. The first-order valence-electron chi connectivity index (χ1n) is 11.8. The third kappa shape index (κ3) is 6.78. The predicted molar refractivity (Wildman–Crippen MR) is 143 cm³/mol. The second-order valence-electron chi connectivity index (χ2n) is 8.35. The molecule has 0 bridgehead atoms. The summed E-state index contributed by atoms with van der Waals surface area (Å²) < 4.78 is 0. The van der Waals surface area contributed by atoms with E-state index in [4.69, 9.17) is 15.9 Å². The Morgan fingerprint density at radius 3 is 1.91 bits per heavy atom. The van der Waals surface area contributed by atoms with Crippen molar-refractivity contribution in [1.82, 2.24) is 0 Å². The minimum Gasteiger partial charge on any atom is -0.478 e. The van der Waals surface area contributed by atoms with Gasteiger partial charge in [0.15, 0.2) is 0 Å². The molecule has 1 aliphatic rings. The summed E-state index contributed by atoms with van der Waals surface area (Å²) in [6.45, 7) is 3.03. The van der Waals surface area contributed by atoms with E-state index >= 15 is 0 Å². The highest BCUT2D eigenvalue weighted by Crippen LogP contribution is 2.27. The zero-order chi connectivity index (χ0) is 25.2. The van der Waals surface area contributed by atoms with E-state index in [2.05, 4.69) is 55.5 Å². The zero-order valence-corrected chi connectivity index (χ0v) is 19.9. The fourth-order valence-corrected chi connectivity index (χ4v) is 3.98. The maximum atomic E-state index is 10.7. The lowest BCUT2D eigenvalue weighted by Gasteiger charge is -2.11. The molecule has 5 heteroatoms. The molecule has 0 aromatic heterocycles. The Morgan fingerprint density at radius 2 is 1.40 bits per heavy atom. The number of benzene rings is 4. The van der Waals surface area contributed by atoms with Gasteiger partial charge in [-0.1, -0.05) is 80.4 Å². The molecule has 4 aromatic carbocycles. The lowest BCUT2D eigenvalue weighted by Crippen LogP contribution is -1.97. The SMILES string of the molecule is C1=Cc2cccc3cccc(c23)C1.CCCCCN.O=C(O)c1ccc2cc(C(=O)O)ccc2c1. The molecule has 5 rings (SSSR count). The average Bonchev–Trinajstić information content (AvgIpc) is 2.88. The molecule has 35 heavy (non-hydrogen) atoms. The average molecular weight is 470 g/mol. The number of allylic oxidation sites excluding steroid dienone is 1. The highest BCUT2D eigenvalue weighted by Gasteiger charge is 2.07. The quantitative estimate of drug-likeness (QED) is 0.280. The Balaban J connectivity index is 0.000000162. The van der Waals surface area contributed by atoms with Gasteiger partial charge in [0.05, 0.1) is 11.1 Å². The van der Waals surface area contributed by atoms with Crippen LogP contribution in [0.5, 0.6) is 0 Å². The molecule has 0 spiro atoms. The van der Waals surface area contributed by atoms with Gasteiger partial charge in [-0.05, 0) is 76.3 Å². The van der Waals surface area contributed by atoms with Crippen molar-refractivity contribution in [2.45, 2.75) is 32.6 Å². The van der Waals surface area contributed by atoms with Crippen LogP contribution in [-0.4, -0.2) is 28.7 Å². The Labute approximate surface area is 205 Å². The van der Waals surface area contributed by atoms with Crippen LogP contribution >= 0.6 is 0 Å². The molecule has 4 aromatic rings. The van der Waals surface area contributed by atoms with Gasteiger partial charge in [-0.2, -0.15) is 0 Å². The standard InChI is InChI=1S/C13H10.C12H8O4.C5H13N/c1-4-10-6-2-8-12-9-3-7-11(5-1)13(10)12;13-11(14)9-3-1-7-5-10(12(15)16)4-2-8(7)6-9;1-2-3-4-5-6/h1-8H,9H2;1-6H,(H,13,14)(H,15,16);2-6H2,1H3. The van der Waals surface area contributed by atoms with Crippen molar-refractivity contribution in [1.29, 1.82) is 0 Å². The largest absolute Gasteiger partial charge is 0.478 e. The molecule has 0 heterocycles. The van der Waals surface area contributed by atoms with Crippen molar-refractivity contribution in [3.8, 4) is 0 Å².